The molecule has 2 nitrogen and oxygen atoms in total. The molecule has 3 aromatic carbocycles. The lowest BCUT2D eigenvalue weighted by atomic mass is 10.1. The summed E-state index contributed by atoms with van der Waals surface area (Å²) in [4.78, 5) is 0. The molecule has 27 heavy (non-hydrogen) atoms. The van der Waals surface area contributed by atoms with E-state index in [1.807, 2.05) is 36.4 Å². The molecule has 3 aromatic rings. The van der Waals surface area contributed by atoms with E-state index in [-0.39, 0.29) is 12.4 Å². The lowest BCUT2D eigenvalue weighted by Gasteiger charge is -2.14. The van der Waals surface area contributed by atoms with Crippen molar-refractivity contribution in [2.24, 2.45) is 0 Å². The second-order valence-electron chi connectivity index (χ2n) is 6.22. The Morgan fingerprint density at radius 3 is 2.41 bits per heavy atom. The maximum Gasteiger partial charge on any atom is 0.124 e. The number of hydrogen-bond acceptors (Lipinski definition) is 2. The molecule has 0 atom stereocenters. The first kappa shape index (κ1) is 21.8. The molecule has 0 spiro atoms. The molecule has 0 saturated heterocycles. The zero-order chi connectivity index (χ0) is 18.4. The van der Waals surface area contributed by atoms with E-state index in [0.29, 0.717) is 6.61 Å². The second-order valence-corrected chi connectivity index (χ2v) is 7.54. The van der Waals surface area contributed by atoms with Gasteiger partial charge in [0.2, 0.25) is 0 Å². The molecule has 142 valence electrons. The molecule has 5 heteroatoms. The molecule has 0 bridgehead atoms. The third-order valence-electron chi connectivity index (χ3n) is 4.13. The summed E-state index contributed by atoms with van der Waals surface area (Å²) >= 11 is 9.76. The highest BCUT2D eigenvalue weighted by Gasteiger charge is 2.07. The molecule has 0 saturated carbocycles. The summed E-state index contributed by atoms with van der Waals surface area (Å²) in [7, 11) is 0. The van der Waals surface area contributed by atoms with Crippen molar-refractivity contribution in [1.82, 2.24) is 5.32 Å². The van der Waals surface area contributed by atoms with Crippen LogP contribution in [0.5, 0.6) is 5.75 Å². The summed E-state index contributed by atoms with van der Waals surface area (Å²) in [6.45, 7) is 4.09. The lowest BCUT2D eigenvalue weighted by Crippen LogP contribution is -2.13. The van der Waals surface area contributed by atoms with Crippen LogP contribution in [0, 0.1) is 6.92 Å². The maximum atomic E-state index is 6.22. The fourth-order valence-electron chi connectivity index (χ4n) is 2.65. The van der Waals surface area contributed by atoms with Crippen molar-refractivity contribution in [3.8, 4) is 5.75 Å². The molecule has 0 unspecified atom stereocenters. The van der Waals surface area contributed by atoms with Crippen LogP contribution in [0.3, 0.4) is 0 Å². The summed E-state index contributed by atoms with van der Waals surface area (Å²) in [5.74, 6) is 0.865. The van der Waals surface area contributed by atoms with Gasteiger partial charge in [-0.05, 0) is 36.8 Å². The standard InChI is InChI=1S/C22H21BrClNO.ClH/c1-16-6-8-17(9-7-16)13-25-14-19-12-20(23)10-11-22(19)26-15-18-4-2-3-5-21(18)24;/h2-12,25H,13-15H2,1H3;1H. The molecule has 0 amide bonds. The Labute approximate surface area is 180 Å². The van der Waals surface area contributed by atoms with Gasteiger partial charge in [-0.1, -0.05) is 75.6 Å². The number of hydrogen-bond donors (Lipinski definition) is 1. The van der Waals surface area contributed by atoms with Crippen molar-refractivity contribution in [1.29, 1.82) is 0 Å². The van der Waals surface area contributed by atoms with Crippen molar-refractivity contribution in [2.45, 2.75) is 26.6 Å². The van der Waals surface area contributed by atoms with Crippen molar-refractivity contribution in [3.05, 3.63) is 98.5 Å². The largest absolute Gasteiger partial charge is 0.489 e. The van der Waals surface area contributed by atoms with Gasteiger partial charge in [-0.25, -0.2) is 0 Å². The highest BCUT2D eigenvalue weighted by Crippen LogP contribution is 2.25. The Bertz CT molecular complexity index is 868. The van der Waals surface area contributed by atoms with Crippen LogP contribution >= 0.6 is 39.9 Å². The molecule has 3 rings (SSSR count). The van der Waals surface area contributed by atoms with Gasteiger partial charge in [0.05, 0.1) is 0 Å². The number of halogens is 3. The topological polar surface area (TPSA) is 21.3 Å². The highest BCUT2D eigenvalue weighted by atomic mass is 79.9. The smallest absolute Gasteiger partial charge is 0.124 e. The molecular formula is C22H22BrCl2NO. The van der Waals surface area contributed by atoms with Crippen molar-refractivity contribution >= 4 is 39.9 Å². The van der Waals surface area contributed by atoms with Gasteiger partial charge in [-0.15, -0.1) is 12.4 Å². The minimum absolute atomic E-state index is 0. The number of benzene rings is 3. The molecule has 0 aliphatic carbocycles. The lowest BCUT2D eigenvalue weighted by molar-refractivity contribution is 0.302. The molecule has 0 fully saturated rings. The van der Waals surface area contributed by atoms with E-state index in [0.717, 1.165) is 39.5 Å². The van der Waals surface area contributed by atoms with Gasteiger partial charge >= 0.3 is 0 Å². The number of nitrogens with one attached hydrogen (secondary N) is 1. The van der Waals surface area contributed by atoms with E-state index in [1.54, 1.807) is 0 Å². The van der Waals surface area contributed by atoms with Gasteiger partial charge in [0.25, 0.3) is 0 Å². The first-order valence-corrected chi connectivity index (χ1v) is 9.70. The van der Waals surface area contributed by atoms with Crippen LogP contribution in [0.1, 0.15) is 22.3 Å². The van der Waals surface area contributed by atoms with Gasteiger partial charge in [-0.2, -0.15) is 0 Å². The van der Waals surface area contributed by atoms with Crippen molar-refractivity contribution < 1.29 is 4.74 Å². The summed E-state index contributed by atoms with van der Waals surface area (Å²) in [6.07, 6.45) is 0. The Kier molecular flexibility index (Phi) is 8.65. The van der Waals surface area contributed by atoms with E-state index in [2.05, 4.69) is 58.5 Å². The Balaban J connectivity index is 0.00000261. The first-order valence-electron chi connectivity index (χ1n) is 8.53. The van der Waals surface area contributed by atoms with Gasteiger partial charge < -0.3 is 10.1 Å². The van der Waals surface area contributed by atoms with Gasteiger partial charge in [0, 0.05) is 33.7 Å². The van der Waals surface area contributed by atoms with Gasteiger partial charge in [0.15, 0.2) is 0 Å². The average Bonchev–Trinajstić information content (AvgIpc) is 2.64. The number of ether oxygens (including phenoxy) is 1. The summed E-state index contributed by atoms with van der Waals surface area (Å²) in [5.41, 5.74) is 4.63. The van der Waals surface area contributed by atoms with E-state index >= 15 is 0 Å². The van der Waals surface area contributed by atoms with Crippen LogP contribution in [0.25, 0.3) is 0 Å². The van der Waals surface area contributed by atoms with Crippen LogP contribution in [-0.4, -0.2) is 0 Å². The predicted molar refractivity (Wildman–Crippen MR) is 119 cm³/mol. The maximum absolute atomic E-state index is 6.22. The van der Waals surface area contributed by atoms with Crippen LogP contribution in [0.4, 0.5) is 0 Å². The van der Waals surface area contributed by atoms with Gasteiger partial charge in [0.1, 0.15) is 12.4 Å². The monoisotopic (exact) mass is 465 g/mol. The average molecular weight is 467 g/mol. The van der Waals surface area contributed by atoms with Crippen molar-refractivity contribution in [3.63, 3.8) is 0 Å². The SMILES string of the molecule is Cc1ccc(CNCc2cc(Br)ccc2OCc2ccccc2Cl)cc1.Cl. The molecule has 0 aromatic heterocycles. The predicted octanol–water partition coefficient (Wildman–Crippen LogP) is 6.70. The van der Waals surface area contributed by atoms with Crippen LogP contribution in [0.15, 0.2) is 71.2 Å². The third-order valence-corrected chi connectivity index (χ3v) is 4.99. The van der Waals surface area contributed by atoms with Gasteiger partial charge in [-0.3, -0.25) is 0 Å². The second kappa shape index (κ2) is 10.7. The zero-order valence-corrected chi connectivity index (χ0v) is 18.2. The molecule has 0 aliphatic rings. The summed E-state index contributed by atoms with van der Waals surface area (Å²) in [6, 6.07) is 22.4. The number of aryl methyl sites for hydroxylation is 1. The third kappa shape index (κ3) is 6.54. The van der Waals surface area contributed by atoms with Crippen LogP contribution in [-0.2, 0) is 19.7 Å². The van der Waals surface area contributed by atoms with Crippen LogP contribution in [0.2, 0.25) is 5.02 Å². The molecule has 0 aliphatic heterocycles. The first-order chi connectivity index (χ1) is 12.6. The van der Waals surface area contributed by atoms with Crippen molar-refractivity contribution in [2.75, 3.05) is 0 Å². The number of rotatable bonds is 7. The molecule has 1 N–H and O–H groups in total. The minimum atomic E-state index is 0. The zero-order valence-electron chi connectivity index (χ0n) is 15.0. The fourth-order valence-corrected chi connectivity index (χ4v) is 3.24. The Hall–Kier alpha value is -1.52. The highest BCUT2D eigenvalue weighted by molar-refractivity contribution is 9.10. The summed E-state index contributed by atoms with van der Waals surface area (Å²) < 4.78 is 7.07. The quantitative estimate of drug-likeness (QED) is 0.418. The Morgan fingerprint density at radius 1 is 0.926 bits per heavy atom. The molecule has 0 radical (unpaired) electrons. The van der Waals surface area contributed by atoms with E-state index < -0.39 is 0 Å². The normalized spacial score (nSPS) is 10.3. The fraction of sp³-hybridized carbons (Fsp3) is 0.182. The van der Waals surface area contributed by atoms with E-state index in [9.17, 15) is 0 Å². The molecular weight excluding hydrogens is 445 g/mol. The molecule has 0 heterocycles. The van der Waals surface area contributed by atoms with E-state index in [1.165, 1.54) is 11.1 Å². The van der Waals surface area contributed by atoms with E-state index in [4.69, 9.17) is 16.3 Å². The van der Waals surface area contributed by atoms with Crippen LogP contribution < -0.4 is 10.1 Å². The Morgan fingerprint density at radius 2 is 1.67 bits per heavy atom. The summed E-state index contributed by atoms with van der Waals surface area (Å²) in [5, 5.41) is 4.21. The minimum Gasteiger partial charge on any atom is -0.489 e.